The van der Waals surface area contributed by atoms with E-state index < -0.39 is 5.60 Å². The zero-order valence-corrected chi connectivity index (χ0v) is 10.4. The molecule has 2 atom stereocenters. The second-order valence-electron chi connectivity index (χ2n) is 5.45. The van der Waals surface area contributed by atoms with Crippen LogP contribution >= 0.6 is 0 Å². The normalized spacial score (nSPS) is 36.1. The second kappa shape index (κ2) is 4.11. The van der Waals surface area contributed by atoms with Crippen LogP contribution in [0, 0.1) is 0 Å². The van der Waals surface area contributed by atoms with Gasteiger partial charge in [-0.15, -0.1) is 0 Å². The van der Waals surface area contributed by atoms with Crippen molar-refractivity contribution in [3.63, 3.8) is 0 Å². The molecule has 2 unspecified atom stereocenters. The van der Waals surface area contributed by atoms with E-state index in [1.807, 2.05) is 0 Å². The molecular formula is C15H20O2. The molecule has 2 saturated heterocycles. The lowest BCUT2D eigenvalue weighted by Gasteiger charge is -2.37. The second-order valence-corrected chi connectivity index (χ2v) is 5.45. The highest BCUT2D eigenvalue weighted by atomic mass is 16.5. The standard InChI is InChI=1S/C15H20O2/c1-2-11-4-3-5-12(8-11)15(16)9-13-6-7-14(10-15)17-13/h3-5,8,13-14,16H,2,6-7,9-10H2,1H3. The van der Waals surface area contributed by atoms with Crippen molar-refractivity contribution in [1.29, 1.82) is 0 Å². The zero-order chi connectivity index (χ0) is 11.9. The molecule has 92 valence electrons. The molecule has 0 radical (unpaired) electrons. The number of benzene rings is 1. The van der Waals surface area contributed by atoms with E-state index in [2.05, 4.69) is 31.2 Å². The Labute approximate surface area is 103 Å². The van der Waals surface area contributed by atoms with Gasteiger partial charge >= 0.3 is 0 Å². The third-order valence-electron chi connectivity index (χ3n) is 4.20. The van der Waals surface area contributed by atoms with Gasteiger partial charge in [-0.2, -0.15) is 0 Å². The van der Waals surface area contributed by atoms with Crippen molar-refractivity contribution in [2.75, 3.05) is 0 Å². The van der Waals surface area contributed by atoms with E-state index in [4.69, 9.17) is 4.74 Å². The predicted octanol–water partition coefficient (Wildman–Crippen LogP) is 2.78. The number of aryl methyl sites for hydroxylation is 1. The van der Waals surface area contributed by atoms with Crippen molar-refractivity contribution in [1.82, 2.24) is 0 Å². The maximum atomic E-state index is 10.9. The van der Waals surface area contributed by atoms with E-state index in [0.717, 1.165) is 37.7 Å². The fraction of sp³-hybridized carbons (Fsp3) is 0.600. The quantitative estimate of drug-likeness (QED) is 0.849. The molecule has 0 spiro atoms. The maximum Gasteiger partial charge on any atom is 0.0946 e. The van der Waals surface area contributed by atoms with Crippen molar-refractivity contribution < 1.29 is 9.84 Å². The summed E-state index contributed by atoms with van der Waals surface area (Å²) in [4.78, 5) is 0. The molecule has 2 aliphatic rings. The molecule has 2 heteroatoms. The van der Waals surface area contributed by atoms with Gasteiger partial charge in [0, 0.05) is 12.8 Å². The fourth-order valence-electron chi connectivity index (χ4n) is 3.23. The van der Waals surface area contributed by atoms with Gasteiger partial charge in [0.2, 0.25) is 0 Å². The Balaban J connectivity index is 1.91. The molecular weight excluding hydrogens is 212 g/mol. The third-order valence-corrected chi connectivity index (χ3v) is 4.20. The minimum Gasteiger partial charge on any atom is -0.385 e. The van der Waals surface area contributed by atoms with Gasteiger partial charge in [0.1, 0.15) is 0 Å². The first-order valence-corrected chi connectivity index (χ1v) is 6.67. The smallest absolute Gasteiger partial charge is 0.0946 e. The van der Waals surface area contributed by atoms with Gasteiger partial charge in [0.15, 0.2) is 0 Å². The summed E-state index contributed by atoms with van der Waals surface area (Å²) in [5.74, 6) is 0. The SMILES string of the molecule is CCc1cccc(C2(O)CC3CCC(C2)O3)c1. The highest BCUT2D eigenvalue weighted by molar-refractivity contribution is 5.29. The highest BCUT2D eigenvalue weighted by Gasteiger charge is 2.44. The van der Waals surface area contributed by atoms with Gasteiger partial charge in [-0.25, -0.2) is 0 Å². The summed E-state index contributed by atoms with van der Waals surface area (Å²) in [6.45, 7) is 2.15. The summed E-state index contributed by atoms with van der Waals surface area (Å²) in [5.41, 5.74) is 1.72. The van der Waals surface area contributed by atoms with Gasteiger partial charge in [-0.1, -0.05) is 31.2 Å². The van der Waals surface area contributed by atoms with E-state index in [0.29, 0.717) is 0 Å². The molecule has 2 aliphatic heterocycles. The van der Waals surface area contributed by atoms with E-state index >= 15 is 0 Å². The van der Waals surface area contributed by atoms with E-state index in [9.17, 15) is 5.11 Å². The van der Waals surface area contributed by atoms with Crippen LogP contribution in [0.2, 0.25) is 0 Å². The van der Waals surface area contributed by atoms with E-state index in [1.54, 1.807) is 0 Å². The molecule has 0 amide bonds. The van der Waals surface area contributed by atoms with Gasteiger partial charge < -0.3 is 9.84 Å². The Morgan fingerprint density at radius 1 is 1.29 bits per heavy atom. The number of rotatable bonds is 2. The summed E-state index contributed by atoms with van der Waals surface area (Å²) in [5, 5.41) is 10.9. The van der Waals surface area contributed by atoms with Crippen LogP contribution in [0.3, 0.4) is 0 Å². The Hall–Kier alpha value is -0.860. The predicted molar refractivity (Wildman–Crippen MR) is 66.8 cm³/mol. The number of fused-ring (bicyclic) bond motifs is 2. The molecule has 1 N–H and O–H groups in total. The van der Waals surface area contributed by atoms with Crippen LogP contribution in [-0.4, -0.2) is 17.3 Å². The molecule has 0 aliphatic carbocycles. The number of hydrogen-bond donors (Lipinski definition) is 1. The summed E-state index contributed by atoms with van der Waals surface area (Å²) in [7, 11) is 0. The largest absolute Gasteiger partial charge is 0.385 e. The van der Waals surface area contributed by atoms with Crippen molar-refractivity contribution in [3.8, 4) is 0 Å². The summed E-state index contributed by atoms with van der Waals surface area (Å²) >= 11 is 0. The van der Waals surface area contributed by atoms with Gasteiger partial charge in [0.05, 0.1) is 17.8 Å². The molecule has 0 saturated carbocycles. The van der Waals surface area contributed by atoms with Gasteiger partial charge in [-0.05, 0) is 30.4 Å². The lowest BCUT2D eigenvalue weighted by Crippen LogP contribution is -2.38. The van der Waals surface area contributed by atoms with Gasteiger partial charge in [-0.3, -0.25) is 0 Å². The topological polar surface area (TPSA) is 29.5 Å². The van der Waals surface area contributed by atoms with Crippen molar-refractivity contribution in [2.24, 2.45) is 0 Å². The van der Waals surface area contributed by atoms with Crippen LogP contribution in [0.5, 0.6) is 0 Å². The Morgan fingerprint density at radius 2 is 2.00 bits per heavy atom. The van der Waals surface area contributed by atoms with Crippen LogP contribution in [0.1, 0.15) is 43.7 Å². The fourth-order valence-corrected chi connectivity index (χ4v) is 3.23. The van der Waals surface area contributed by atoms with Crippen LogP contribution < -0.4 is 0 Å². The third kappa shape index (κ3) is 2.00. The molecule has 0 aromatic heterocycles. The zero-order valence-electron chi connectivity index (χ0n) is 10.4. The Morgan fingerprint density at radius 3 is 2.65 bits per heavy atom. The van der Waals surface area contributed by atoms with Crippen LogP contribution in [0.15, 0.2) is 24.3 Å². The van der Waals surface area contributed by atoms with Crippen LogP contribution in [0.25, 0.3) is 0 Å². The first kappa shape index (κ1) is 11.2. The van der Waals surface area contributed by atoms with Crippen molar-refractivity contribution in [2.45, 2.75) is 56.8 Å². The van der Waals surface area contributed by atoms with Crippen LogP contribution in [0.4, 0.5) is 0 Å². The summed E-state index contributed by atoms with van der Waals surface area (Å²) in [6.07, 6.45) is 5.30. The van der Waals surface area contributed by atoms with Gasteiger partial charge in [0.25, 0.3) is 0 Å². The number of ether oxygens (including phenoxy) is 1. The number of hydrogen-bond acceptors (Lipinski definition) is 2. The average molecular weight is 232 g/mol. The molecule has 1 aromatic rings. The molecule has 3 rings (SSSR count). The maximum absolute atomic E-state index is 10.9. The average Bonchev–Trinajstić information content (AvgIpc) is 2.69. The Kier molecular flexibility index (Phi) is 2.72. The molecule has 1 aromatic carbocycles. The summed E-state index contributed by atoms with van der Waals surface area (Å²) < 4.78 is 5.81. The molecule has 2 heterocycles. The van der Waals surface area contributed by atoms with E-state index in [1.165, 1.54) is 5.56 Å². The van der Waals surface area contributed by atoms with Crippen molar-refractivity contribution in [3.05, 3.63) is 35.4 Å². The van der Waals surface area contributed by atoms with Crippen LogP contribution in [-0.2, 0) is 16.8 Å². The molecule has 2 fully saturated rings. The first-order chi connectivity index (χ1) is 8.19. The summed E-state index contributed by atoms with van der Waals surface area (Å²) in [6, 6.07) is 8.40. The monoisotopic (exact) mass is 232 g/mol. The molecule has 17 heavy (non-hydrogen) atoms. The van der Waals surface area contributed by atoms with Crippen molar-refractivity contribution >= 4 is 0 Å². The molecule has 2 nitrogen and oxygen atoms in total. The Bertz CT molecular complexity index is 401. The minimum absolute atomic E-state index is 0.268. The van der Waals surface area contributed by atoms with E-state index in [-0.39, 0.29) is 12.2 Å². The number of aliphatic hydroxyl groups is 1. The highest BCUT2D eigenvalue weighted by Crippen LogP contribution is 2.43. The lowest BCUT2D eigenvalue weighted by molar-refractivity contribution is -0.115. The molecule has 2 bridgehead atoms. The lowest BCUT2D eigenvalue weighted by atomic mass is 9.83. The first-order valence-electron chi connectivity index (χ1n) is 6.67. The minimum atomic E-state index is -0.657.